The molecule has 0 bridgehead atoms. The van der Waals surface area contributed by atoms with E-state index in [1.807, 2.05) is 0 Å². The molecule has 4 heteroatoms. The highest BCUT2D eigenvalue weighted by molar-refractivity contribution is 4.97. The van der Waals surface area contributed by atoms with Gasteiger partial charge in [-0.3, -0.25) is 0 Å². The highest BCUT2D eigenvalue weighted by Gasteiger charge is 2.18. The van der Waals surface area contributed by atoms with Crippen LogP contribution in [-0.4, -0.2) is 24.7 Å². The molecule has 15 heavy (non-hydrogen) atoms. The summed E-state index contributed by atoms with van der Waals surface area (Å²) in [4.78, 5) is 4.43. The van der Waals surface area contributed by atoms with E-state index in [2.05, 4.69) is 4.98 Å². The van der Waals surface area contributed by atoms with E-state index in [1.165, 1.54) is 0 Å². The van der Waals surface area contributed by atoms with Crippen LogP contribution in [0.2, 0.25) is 0 Å². The Labute approximate surface area is 89.8 Å². The second kappa shape index (κ2) is 5.28. The molecular formula is C11H18N2O2. The number of hydrogen-bond donors (Lipinski definition) is 1. The average molecular weight is 210 g/mol. The van der Waals surface area contributed by atoms with Gasteiger partial charge in [-0.15, -0.1) is 0 Å². The molecule has 0 radical (unpaired) electrons. The van der Waals surface area contributed by atoms with Gasteiger partial charge in [0.1, 0.15) is 6.26 Å². The van der Waals surface area contributed by atoms with Gasteiger partial charge >= 0.3 is 0 Å². The third-order valence-electron chi connectivity index (χ3n) is 2.72. The molecular weight excluding hydrogens is 192 g/mol. The predicted octanol–water partition coefficient (Wildman–Crippen LogP) is 1.14. The fraction of sp³-hybridized carbons (Fsp3) is 0.727. The van der Waals surface area contributed by atoms with Gasteiger partial charge < -0.3 is 14.9 Å². The first-order valence-electron chi connectivity index (χ1n) is 5.59. The van der Waals surface area contributed by atoms with E-state index in [0.29, 0.717) is 12.5 Å². The quantitative estimate of drug-likeness (QED) is 0.791. The lowest BCUT2D eigenvalue weighted by atomic mass is 10.1. The Bertz CT molecular complexity index is 293. The first kappa shape index (κ1) is 10.6. The minimum Gasteiger partial charge on any atom is -0.449 e. The summed E-state index contributed by atoms with van der Waals surface area (Å²) >= 11 is 0. The standard InChI is InChI=1S/C11H18N2O2/c12-4-1-2-10-8-15-11(13-10)6-9-3-5-14-7-9/h8-9H,1-7,12H2. The maximum atomic E-state index is 5.44. The second-order valence-electron chi connectivity index (χ2n) is 4.06. The van der Waals surface area contributed by atoms with Crippen molar-refractivity contribution in [3.8, 4) is 0 Å². The van der Waals surface area contributed by atoms with Crippen LogP contribution in [0.5, 0.6) is 0 Å². The molecule has 2 rings (SSSR count). The molecule has 0 aliphatic carbocycles. The third-order valence-corrected chi connectivity index (χ3v) is 2.72. The van der Waals surface area contributed by atoms with Crippen molar-refractivity contribution in [3.05, 3.63) is 17.8 Å². The van der Waals surface area contributed by atoms with E-state index in [9.17, 15) is 0 Å². The zero-order valence-corrected chi connectivity index (χ0v) is 8.95. The zero-order valence-electron chi connectivity index (χ0n) is 8.95. The van der Waals surface area contributed by atoms with Gasteiger partial charge in [0.05, 0.1) is 5.69 Å². The Hall–Kier alpha value is -0.870. The predicted molar refractivity (Wildman–Crippen MR) is 56.5 cm³/mol. The van der Waals surface area contributed by atoms with Crippen LogP contribution in [0.3, 0.4) is 0 Å². The summed E-state index contributed by atoms with van der Waals surface area (Å²) in [6, 6.07) is 0. The van der Waals surface area contributed by atoms with E-state index in [-0.39, 0.29) is 0 Å². The van der Waals surface area contributed by atoms with E-state index >= 15 is 0 Å². The molecule has 1 aromatic rings. The van der Waals surface area contributed by atoms with Crippen molar-refractivity contribution in [2.75, 3.05) is 19.8 Å². The average Bonchev–Trinajstić information content (AvgIpc) is 2.87. The normalized spacial score (nSPS) is 21.0. The number of oxazole rings is 1. The summed E-state index contributed by atoms with van der Waals surface area (Å²) in [6.45, 7) is 2.44. The molecule has 1 unspecified atom stereocenters. The Balaban J connectivity index is 1.83. The molecule has 0 aromatic carbocycles. The van der Waals surface area contributed by atoms with Crippen molar-refractivity contribution in [1.29, 1.82) is 0 Å². The molecule has 4 nitrogen and oxygen atoms in total. The van der Waals surface area contributed by atoms with E-state index < -0.39 is 0 Å². The molecule has 1 aromatic heterocycles. The van der Waals surface area contributed by atoms with Gasteiger partial charge in [0.15, 0.2) is 5.89 Å². The molecule has 0 amide bonds. The number of hydrogen-bond acceptors (Lipinski definition) is 4. The third kappa shape index (κ3) is 3.04. The lowest BCUT2D eigenvalue weighted by molar-refractivity contribution is 0.184. The van der Waals surface area contributed by atoms with Gasteiger partial charge in [0, 0.05) is 19.6 Å². The van der Waals surface area contributed by atoms with Crippen LogP contribution in [0.1, 0.15) is 24.4 Å². The summed E-state index contributed by atoms with van der Waals surface area (Å²) in [5, 5.41) is 0. The fourth-order valence-electron chi connectivity index (χ4n) is 1.83. The largest absolute Gasteiger partial charge is 0.449 e. The van der Waals surface area contributed by atoms with E-state index in [1.54, 1.807) is 6.26 Å². The first-order valence-corrected chi connectivity index (χ1v) is 5.59. The van der Waals surface area contributed by atoms with Crippen molar-refractivity contribution in [3.63, 3.8) is 0 Å². The zero-order chi connectivity index (χ0) is 10.5. The monoisotopic (exact) mass is 210 g/mol. The number of ether oxygens (including phenoxy) is 1. The maximum absolute atomic E-state index is 5.44. The lowest BCUT2D eigenvalue weighted by Gasteiger charge is -2.01. The molecule has 1 saturated heterocycles. The Morgan fingerprint density at radius 3 is 3.20 bits per heavy atom. The first-order chi connectivity index (χ1) is 7.38. The van der Waals surface area contributed by atoms with Gasteiger partial charge in [-0.05, 0) is 31.7 Å². The molecule has 2 N–H and O–H groups in total. The van der Waals surface area contributed by atoms with Crippen molar-refractivity contribution >= 4 is 0 Å². The minimum atomic E-state index is 0.589. The molecule has 1 fully saturated rings. The number of aryl methyl sites for hydroxylation is 1. The van der Waals surface area contributed by atoms with Gasteiger partial charge in [-0.2, -0.15) is 0 Å². The molecule has 2 heterocycles. The van der Waals surface area contributed by atoms with Crippen LogP contribution in [-0.2, 0) is 17.6 Å². The van der Waals surface area contributed by atoms with Crippen molar-refractivity contribution in [2.45, 2.75) is 25.7 Å². The molecule has 1 atom stereocenters. The molecule has 1 aliphatic heterocycles. The molecule has 0 saturated carbocycles. The van der Waals surface area contributed by atoms with Crippen LogP contribution >= 0.6 is 0 Å². The summed E-state index contributed by atoms with van der Waals surface area (Å²) in [5.41, 5.74) is 6.46. The smallest absolute Gasteiger partial charge is 0.194 e. The number of nitrogens with zero attached hydrogens (tertiary/aromatic N) is 1. The van der Waals surface area contributed by atoms with Gasteiger partial charge in [0.25, 0.3) is 0 Å². The summed E-state index contributed by atoms with van der Waals surface area (Å²) in [6.07, 6.45) is 5.67. The SMILES string of the molecule is NCCCc1coc(CC2CCOC2)n1. The van der Waals surface area contributed by atoms with Gasteiger partial charge in [0.2, 0.25) is 0 Å². The Morgan fingerprint density at radius 2 is 2.47 bits per heavy atom. The maximum Gasteiger partial charge on any atom is 0.194 e. The summed E-state index contributed by atoms with van der Waals surface area (Å²) in [5.74, 6) is 1.43. The minimum absolute atomic E-state index is 0.589. The summed E-state index contributed by atoms with van der Waals surface area (Å²) in [7, 11) is 0. The number of aromatic nitrogens is 1. The Kier molecular flexibility index (Phi) is 3.75. The van der Waals surface area contributed by atoms with Crippen molar-refractivity contribution < 1.29 is 9.15 Å². The van der Waals surface area contributed by atoms with Crippen LogP contribution < -0.4 is 5.73 Å². The number of rotatable bonds is 5. The fourth-order valence-corrected chi connectivity index (χ4v) is 1.83. The van der Waals surface area contributed by atoms with Crippen LogP contribution in [0, 0.1) is 5.92 Å². The van der Waals surface area contributed by atoms with Gasteiger partial charge in [-0.1, -0.05) is 0 Å². The lowest BCUT2D eigenvalue weighted by Crippen LogP contribution is -2.04. The van der Waals surface area contributed by atoms with Crippen molar-refractivity contribution in [2.24, 2.45) is 11.7 Å². The second-order valence-corrected chi connectivity index (χ2v) is 4.06. The highest BCUT2D eigenvalue weighted by Crippen LogP contribution is 2.18. The van der Waals surface area contributed by atoms with Gasteiger partial charge in [-0.25, -0.2) is 4.98 Å². The molecule has 84 valence electrons. The van der Waals surface area contributed by atoms with Crippen LogP contribution in [0.4, 0.5) is 0 Å². The van der Waals surface area contributed by atoms with E-state index in [0.717, 1.165) is 50.5 Å². The van der Waals surface area contributed by atoms with Crippen LogP contribution in [0.15, 0.2) is 10.7 Å². The highest BCUT2D eigenvalue weighted by atomic mass is 16.5. The molecule has 0 spiro atoms. The van der Waals surface area contributed by atoms with Crippen LogP contribution in [0.25, 0.3) is 0 Å². The summed E-state index contributed by atoms with van der Waals surface area (Å²) < 4.78 is 10.7. The topological polar surface area (TPSA) is 61.3 Å². The number of nitrogens with two attached hydrogens (primary N) is 1. The van der Waals surface area contributed by atoms with Crippen molar-refractivity contribution in [1.82, 2.24) is 4.98 Å². The Morgan fingerprint density at radius 1 is 1.53 bits per heavy atom. The van der Waals surface area contributed by atoms with E-state index in [4.69, 9.17) is 14.9 Å². The molecule has 1 aliphatic rings.